The number of anilines is 1. The fourth-order valence-corrected chi connectivity index (χ4v) is 1.86. The van der Waals surface area contributed by atoms with E-state index in [1.807, 2.05) is 6.92 Å². The van der Waals surface area contributed by atoms with Crippen molar-refractivity contribution in [3.63, 3.8) is 0 Å². The molecule has 0 saturated carbocycles. The number of H-pyrrole nitrogens is 1. The van der Waals surface area contributed by atoms with Gasteiger partial charge in [-0.15, -0.1) is 0 Å². The van der Waals surface area contributed by atoms with E-state index >= 15 is 0 Å². The highest BCUT2D eigenvalue weighted by Gasteiger charge is 2.07. The van der Waals surface area contributed by atoms with Crippen LogP contribution in [0.3, 0.4) is 0 Å². The van der Waals surface area contributed by atoms with Gasteiger partial charge >= 0.3 is 0 Å². The molecule has 1 aromatic rings. The minimum atomic E-state index is -0.813. The van der Waals surface area contributed by atoms with Crippen LogP contribution in [-0.2, 0) is 10.8 Å². The maximum absolute atomic E-state index is 11.2. The molecule has 7 heteroatoms. The van der Waals surface area contributed by atoms with Crippen LogP contribution in [0.4, 0.5) is 5.69 Å². The van der Waals surface area contributed by atoms with Crippen molar-refractivity contribution in [3.8, 4) is 0 Å². The molecule has 0 amide bonds. The summed E-state index contributed by atoms with van der Waals surface area (Å²) in [6.45, 7) is 2.59. The molecule has 0 fully saturated rings. The Morgan fingerprint density at radius 2 is 2.38 bits per heavy atom. The van der Waals surface area contributed by atoms with Gasteiger partial charge in [0.2, 0.25) is 0 Å². The third-order valence-corrected chi connectivity index (χ3v) is 4.38. The predicted octanol–water partition coefficient (Wildman–Crippen LogP) is 1.10. The van der Waals surface area contributed by atoms with Crippen molar-refractivity contribution in [2.75, 3.05) is 18.1 Å². The first-order valence-corrected chi connectivity index (χ1v) is 7.23. The summed E-state index contributed by atoms with van der Waals surface area (Å²) >= 11 is 3.17. The second kappa shape index (κ2) is 6.15. The van der Waals surface area contributed by atoms with Gasteiger partial charge < -0.3 is 5.32 Å². The number of rotatable bonds is 5. The molecule has 1 heterocycles. The summed E-state index contributed by atoms with van der Waals surface area (Å²) in [5, 5.41) is 9.22. The third-order valence-electron chi connectivity index (χ3n) is 2.23. The normalized spacial score (nSPS) is 14.4. The summed E-state index contributed by atoms with van der Waals surface area (Å²) in [4.78, 5) is 11.2. The van der Waals surface area contributed by atoms with Crippen molar-refractivity contribution in [1.29, 1.82) is 0 Å². The number of nitrogens with one attached hydrogen (secondary N) is 2. The lowest BCUT2D eigenvalue weighted by Gasteiger charge is -2.10. The van der Waals surface area contributed by atoms with Crippen molar-refractivity contribution in [1.82, 2.24) is 10.2 Å². The molecule has 1 rings (SSSR count). The number of hydrogen-bond acceptors (Lipinski definition) is 4. The summed E-state index contributed by atoms with van der Waals surface area (Å²) in [5.41, 5.74) is 0.384. The highest BCUT2D eigenvalue weighted by Crippen LogP contribution is 2.15. The molecule has 1 aromatic heterocycles. The summed E-state index contributed by atoms with van der Waals surface area (Å²) in [6.07, 6.45) is 4.01. The first-order chi connectivity index (χ1) is 7.52. The molecule has 2 unspecified atom stereocenters. The maximum atomic E-state index is 11.2. The molecule has 90 valence electrons. The molecule has 2 atom stereocenters. The Hall–Kier alpha value is -0.690. The topological polar surface area (TPSA) is 74.8 Å². The first-order valence-electron chi connectivity index (χ1n) is 4.81. The molecular weight excluding hydrogens is 294 g/mol. The Balaban J connectivity index is 2.53. The minimum absolute atomic E-state index is 0.140. The molecule has 0 radical (unpaired) electrons. The lowest BCUT2D eigenvalue weighted by atomic mass is 10.3. The fraction of sp³-hybridized carbons (Fsp3) is 0.556. The Morgan fingerprint density at radius 3 is 3.00 bits per heavy atom. The van der Waals surface area contributed by atoms with Crippen LogP contribution in [0.1, 0.15) is 13.3 Å². The van der Waals surface area contributed by atoms with Crippen LogP contribution < -0.4 is 10.9 Å². The zero-order valence-corrected chi connectivity index (χ0v) is 11.5. The van der Waals surface area contributed by atoms with Crippen LogP contribution in [-0.4, -0.2) is 32.5 Å². The van der Waals surface area contributed by atoms with Crippen molar-refractivity contribution in [2.24, 2.45) is 0 Å². The summed E-state index contributed by atoms with van der Waals surface area (Å²) in [5.74, 6) is 0. The van der Waals surface area contributed by atoms with E-state index in [2.05, 4.69) is 31.4 Å². The zero-order valence-electron chi connectivity index (χ0n) is 9.12. The zero-order chi connectivity index (χ0) is 12.1. The van der Waals surface area contributed by atoms with Gasteiger partial charge in [-0.05, 0) is 22.4 Å². The first kappa shape index (κ1) is 13.4. The molecule has 0 bridgehead atoms. The molecule has 16 heavy (non-hydrogen) atoms. The smallest absolute Gasteiger partial charge is 0.280 e. The maximum Gasteiger partial charge on any atom is 0.280 e. The van der Waals surface area contributed by atoms with E-state index < -0.39 is 10.8 Å². The van der Waals surface area contributed by atoms with Gasteiger partial charge in [0.25, 0.3) is 5.56 Å². The molecule has 2 N–H and O–H groups in total. The number of halogens is 1. The van der Waals surface area contributed by atoms with E-state index in [0.717, 1.165) is 6.42 Å². The van der Waals surface area contributed by atoms with Crippen molar-refractivity contribution < 1.29 is 4.21 Å². The third kappa shape index (κ3) is 3.71. The molecule has 0 spiro atoms. The fourth-order valence-electron chi connectivity index (χ4n) is 1.08. The Bertz CT molecular complexity index is 435. The van der Waals surface area contributed by atoms with Gasteiger partial charge in [-0.1, -0.05) is 6.92 Å². The van der Waals surface area contributed by atoms with Gasteiger partial charge in [0.05, 0.1) is 11.9 Å². The van der Waals surface area contributed by atoms with Crippen LogP contribution in [0.2, 0.25) is 0 Å². The van der Waals surface area contributed by atoms with Gasteiger partial charge in [-0.3, -0.25) is 9.00 Å². The standard InChI is InChI=1S/C9H14BrN3O2S/c1-6(16(2)15)3-4-11-7-5-12-13-9(14)8(7)10/h5-6H,3-4H2,1-2H3,(H2,11,13,14). The van der Waals surface area contributed by atoms with Crippen molar-refractivity contribution in [3.05, 3.63) is 21.0 Å². The van der Waals surface area contributed by atoms with E-state index in [9.17, 15) is 9.00 Å². The predicted molar refractivity (Wildman–Crippen MR) is 69.2 cm³/mol. The monoisotopic (exact) mass is 307 g/mol. The number of aromatic nitrogens is 2. The van der Waals surface area contributed by atoms with E-state index in [-0.39, 0.29) is 10.8 Å². The number of aromatic amines is 1. The van der Waals surface area contributed by atoms with E-state index in [1.165, 1.54) is 0 Å². The summed E-state index contributed by atoms with van der Waals surface area (Å²) < 4.78 is 11.6. The lowest BCUT2D eigenvalue weighted by molar-refractivity contribution is 0.672. The summed E-state index contributed by atoms with van der Waals surface area (Å²) in [6, 6.07) is 0. The average molecular weight is 308 g/mol. The molecular formula is C9H14BrN3O2S. The van der Waals surface area contributed by atoms with Crippen molar-refractivity contribution >= 4 is 32.4 Å². The molecule has 0 aromatic carbocycles. The van der Waals surface area contributed by atoms with E-state index in [1.54, 1.807) is 12.5 Å². The highest BCUT2D eigenvalue weighted by atomic mass is 79.9. The van der Waals surface area contributed by atoms with Gasteiger partial charge in [-0.2, -0.15) is 5.10 Å². The van der Waals surface area contributed by atoms with Gasteiger partial charge in [0.15, 0.2) is 0 Å². The van der Waals surface area contributed by atoms with Crippen LogP contribution in [0.15, 0.2) is 15.5 Å². The average Bonchev–Trinajstić information content (AvgIpc) is 2.24. The van der Waals surface area contributed by atoms with E-state index in [4.69, 9.17) is 0 Å². The molecule has 0 aliphatic rings. The number of nitrogens with zero attached hydrogens (tertiary/aromatic N) is 1. The van der Waals surface area contributed by atoms with Crippen LogP contribution in [0, 0.1) is 0 Å². The van der Waals surface area contributed by atoms with Gasteiger partial charge in [-0.25, -0.2) is 5.10 Å². The van der Waals surface area contributed by atoms with Crippen molar-refractivity contribution in [2.45, 2.75) is 18.6 Å². The quantitative estimate of drug-likeness (QED) is 0.854. The Kier molecular flexibility index (Phi) is 5.14. The Labute approximate surface area is 105 Å². The molecule has 0 saturated heterocycles. The summed E-state index contributed by atoms with van der Waals surface area (Å²) in [7, 11) is -0.813. The molecule has 5 nitrogen and oxygen atoms in total. The Morgan fingerprint density at radius 1 is 1.69 bits per heavy atom. The minimum Gasteiger partial charge on any atom is -0.383 e. The number of hydrogen-bond donors (Lipinski definition) is 2. The largest absolute Gasteiger partial charge is 0.383 e. The lowest BCUT2D eigenvalue weighted by Crippen LogP contribution is -2.17. The van der Waals surface area contributed by atoms with Gasteiger partial charge in [0.1, 0.15) is 4.47 Å². The second-order valence-electron chi connectivity index (χ2n) is 3.45. The van der Waals surface area contributed by atoms with E-state index in [0.29, 0.717) is 16.7 Å². The second-order valence-corrected chi connectivity index (χ2v) is 6.05. The highest BCUT2D eigenvalue weighted by molar-refractivity contribution is 9.10. The van der Waals surface area contributed by atoms with Crippen LogP contribution >= 0.6 is 15.9 Å². The van der Waals surface area contributed by atoms with Gasteiger partial charge in [0, 0.05) is 28.9 Å². The SMILES string of the molecule is CC(CCNc1cn[nH]c(=O)c1Br)S(C)=O. The van der Waals surface area contributed by atoms with Crippen LogP contribution in [0.25, 0.3) is 0 Å². The molecule has 0 aliphatic carbocycles. The van der Waals surface area contributed by atoms with Crippen LogP contribution in [0.5, 0.6) is 0 Å². The molecule has 0 aliphatic heterocycles.